The fourth-order valence-corrected chi connectivity index (χ4v) is 1.99. The molecule has 1 aliphatic heterocycles. The number of hydrogen-bond acceptors (Lipinski definition) is 3. The average Bonchev–Trinajstić information content (AvgIpc) is 2.57. The van der Waals surface area contributed by atoms with E-state index >= 15 is 0 Å². The minimum Gasteiger partial charge on any atom is -0.390 e. The van der Waals surface area contributed by atoms with E-state index < -0.39 is 0 Å². The van der Waals surface area contributed by atoms with Gasteiger partial charge in [-0.2, -0.15) is 0 Å². The first kappa shape index (κ1) is 9.80. The summed E-state index contributed by atoms with van der Waals surface area (Å²) in [6, 6.07) is 0. The number of rotatable bonds is 2. The highest BCUT2D eigenvalue weighted by molar-refractivity contribution is 6.32. The van der Waals surface area contributed by atoms with Crippen LogP contribution in [0.3, 0.4) is 0 Å². The number of aromatic nitrogens is 2. The summed E-state index contributed by atoms with van der Waals surface area (Å²) in [4.78, 5) is 6.11. The lowest BCUT2D eigenvalue weighted by atomic mass is 10.4. The van der Waals surface area contributed by atoms with E-state index in [4.69, 9.17) is 28.9 Å². The van der Waals surface area contributed by atoms with Crippen LogP contribution in [0.2, 0.25) is 5.15 Å². The fourth-order valence-electron chi connectivity index (χ4n) is 1.66. The predicted octanol–water partition coefficient (Wildman–Crippen LogP) is 0.663. The maximum absolute atomic E-state index is 5.85. The molecule has 4 nitrogen and oxygen atoms in total. The topological polar surface area (TPSA) is 46.0 Å². The molecule has 0 bridgehead atoms. The molecule has 0 atom stereocenters. The van der Waals surface area contributed by atoms with Crippen molar-refractivity contribution in [2.45, 2.75) is 6.54 Å². The minimum atomic E-state index is 0.359. The molecule has 2 rings (SSSR count). The Labute approximate surface area is 92.2 Å². The van der Waals surface area contributed by atoms with Gasteiger partial charge in [-0.3, -0.25) is 4.90 Å². The van der Waals surface area contributed by atoms with Crippen molar-refractivity contribution in [1.82, 2.24) is 4.98 Å². The summed E-state index contributed by atoms with van der Waals surface area (Å²) in [5.41, 5.74) is 6.39. The normalized spacial score (nSPS) is 14.6. The largest absolute Gasteiger partial charge is 0.390 e. The van der Waals surface area contributed by atoms with E-state index in [-0.39, 0.29) is 0 Å². The number of nitrogens with zero attached hydrogens (tertiary/aromatic N) is 3. The van der Waals surface area contributed by atoms with E-state index in [1.807, 2.05) is 4.57 Å². The summed E-state index contributed by atoms with van der Waals surface area (Å²) in [6.07, 6.45) is 1.71. The van der Waals surface area contributed by atoms with Crippen LogP contribution < -0.4 is 15.2 Å². The third-order valence-corrected chi connectivity index (χ3v) is 2.78. The highest BCUT2D eigenvalue weighted by Gasteiger charge is 2.29. The predicted molar refractivity (Wildman–Crippen MR) is 56.8 cm³/mol. The molecule has 0 unspecified atom stereocenters. The molecule has 1 aromatic heterocycles. The number of nitrogens with two attached hydrogens (primary N) is 1. The number of anilines is 2. The van der Waals surface area contributed by atoms with Crippen LogP contribution >= 0.6 is 23.2 Å². The zero-order valence-electron chi connectivity index (χ0n) is 7.58. The average molecular weight is 234 g/mol. The summed E-state index contributed by atoms with van der Waals surface area (Å²) in [6.45, 7) is 2.59. The van der Waals surface area contributed by atoms with Crippen molar-refractivity contribution in [2.75, 3.05) is 29.6 Å². The first-order valence-electron chi connectivity index (χ1n) is 4.38. The van der Waals surface area contributed by atoms with Gasteiger partial charge in [-0.05, 0) is 11.6 Å². The number of fused-ring (bicyclic) bond motifs is 1. The molecule has 2 N–H and O–H groups in total. The second-order valence-corrected chi connectivity index (χ2v) is 3.88. The summed E-state index contributed by atoms with van der Waals surface area (Å²) in [5.74, 6) is 1.52. The second-order valence-electron chi connectivity index (χ2n) is 3.14. The molecule has 1 aromatic rings. The standard InChI is InChI=1S/C8H11Cl2N4/c9-1-2-13-3-4-14-5-12-7(10)6(11)8(13)14/h5H,1-4,11H2/q+1. The third-order valence-electron chi connectivity index (χ3n) is 2.31. The van der Waals surface area contributed by atoms with Gasteiger partial charge >= 0.3 is 0 Å². The van der Waals surface area contributed by atoms with Crippen molar-refractivity contribution in [2.24, 2.45) is 0 Å². The van der Waals surface area contributed by atoms with Gasteiger partial charge in [0, 0.05) is 0 Å². The van der Waals surface area contributed by atoms with Gasteiger partial charge in [0.2, 0.25) is 11.5 Å². The van der Waals surface area contributed by atoms with Crippen molar-refractivity contribution in [3.05, 3.63) is 11.5 Å². The fraction of sp³-hybridized carbons (Fsp3) is 0.500. The molecular weight excluding hydrogens is 223 g/mol. The molecule has 0 spiro atoms. The van der Waals surface area contributed by atoms with Crippen LogP contribution in [0.1, 0.15) is 0 Å². The highest BCUT2D eigenvalue weighted by Crippen LogP contribution is 2.26. The van der Waals surface area contributed by atoms with Crippen LogP contribution in [0.25, 0.3) is 0 Å². The Kier molecular flexibility index (Phi) is 2.65. The Bertz CT molecular complexity index is 353. The van der Waals surface area contributed by atoms with Gasteiger partial charge in [0.05, 0.1) is 19.0 Å². The molecule has 6 heteroatoms. The molecule has 2 heterocycles. The summed E-state index contributed by atoms with van der Waals surface area (Å²) >= 11 is 11.5. The Balaban J connectivity index is 2.41. The van der Waals surface area contributed by atoms with E-state index in [0.717, 1.165) is 25.5 Å². The molecule has 76 valence electrons. The molecule has 0 saturated carbocycles. The van der Waals surface area contributed by atoms with Crippen molar-refractivity contribution in [3.63, 3.8) is 0 Å². The lowest BCUT2D eigenvalue weighted by molar-refractivity contribution is -0.673. The molecule has 0 aliphatic carbocycles. The SMILES string of the molecule is Nc1c(Cl)nc[n+]2c1N(CCCl)CC2. The summed E-state index contributed by atoms with van der Waals surface area (Å²) < 4.78 is 1.99. The molecule has 0 amide bonds. The van der Waals surface area contributed by atoms with Crippen LogP contribution in [0.4, 0.5) is 11.5 Å². The number of halogens is 2. The lowest BCUT2D eigenvalue weighted by Crippen LogP contribution is -2.33. The van der Waals surface area contributed by atoms with Gasteiger partial charge in [0.1, 0.15) is 6.54 Å². The summed E-state index contributed by atoms with van der Waals surface area (Å²) in [7, 11) is 0. The van der Waals surface area contributed by atoms with Crippen molar-refractivity contribution >= 4 is 34.7 Å². The lowest BCUT2D eigenvalue weighted by Gasteiger charge is -2.11. The van der Waals surface area contributed by atoms with Crippen LogP contribution in [-0.2, 0) is 6.54 Å². The van der Waals surface area contributed by atoms with Crippen molar-refractivity contribution < 1.29 is 4.57 Å². The van der Waals surface area contributed by atoms with E-state index in [1.165, 1.54) is 0 Å². The number of hydrogen-bond donors (Lipinski definition) is 1. The minimum absolute atomic E-state index is 0.359. The maximum Gasteiger partial charge on any atom is 0.252 e. The van der Waals surface area contributed by atoms with Crippen molar-refractivity contribution in [3.8, 4) is 0 Å². The van der Waals surface area contributed by atoms with Crippen LogP contribution in [-0.4, -0.2) is 24.0 Å². The summed E-state index contributed by atoms with van der Waals surface area (Å²) in [5, 5.41) is 0.359. The molecule has 1 aliphatic rings. The molecule has 0 aromatic carbocycles. The van der Waals surface area contributed by atoms with Gasteiger partial charge in [-0.15, -0.1) is 11.6 Å². The smallest absolute Gasteiger partial charge is 0.252 e. The van der Waals surface area contributed by atoms with E-state index in [2.05, 4.69) is 9.88 Å². The molecule has 14 heavy (non-hydrogen) atoms. The molecule has 0 radical (unpaired) electrons. The molecule has 0 saturated heterocycles. The Morgan fingerprint density at radius 1 is 1.64 bits per heavy atom. The Morgan fingerprint density at radius 3 is 3.14 bits per heavy atom. The molecular formula is C8H11Cl2N4+. The van der Waals surface area contributed by atoms with E-state index in [1.54, 1.807) is 6.33 Å². The second kappa shape index (κ2) is 3.79. The van der Waals surface area contributed by atoms with Gasteiger partial charge in [-0.25, -0.2) is 4.57 Å². The van der Waals surface area contributed by atoms with Gasteiger partial charge in [-0.1, -0.05) is 4.98 Å². The first-order chi connectivity index (χ1) is 6.74. The number of alkyl halides is 1. The van der Waals surface area contributed by atoms with Crippen molar-refractivity contribution in [1.29, 1.82) is 0 Å². The Morgan fingerprint density at radius 2 is 2.43 bits per heavy atom. The quantitative estimate of drug-likeness (QED) is 0.464. The highest BCUT2D eigenvalue weighted by atomic mass is 35.5. The van der Waals surface area contributed by atoms with Crippen LogP contribution in [0.5, 0.6) is 0 Å². The van der Waals surface area contributed by atoms with Crippen LogP contribution in [0, 0.1) is 0 Å². The Hall–Kier alpha value is -0.740. The monoisotopic (exact) mass is 233 g/mol. The van der Waals surface area contributed by atoms with E-state index in [9.17, 15) is 0 Å². The van der Waals surface area contributed by atoms with E-state index in [0.29, 0.717) is 16.7 Å². The van der Waals surface area contributed by atoms with Gasteiger partial charge < -0.3 is 5.73 Å². The zero-order chi connectivity index (χ0) is 10.1. The third kappa shape index (κ3) is 1.48. The van der Waals surface area contributed by atoms with Gasteiger partial charge in [0.25, 0.3) is 5.82 Å². The number of nitrogen functional groups attached to an aromatic ring is 1. The van der Waals surface area contributed by atoms with Gasteiger partial charge in [0.15, 0.2) is 5.69 Å². The zero-order valence-corrected chi connectivity index (χ0v) is 9.09. The van der Waals surface area contributed by atoms with Crippen LogP contribution in [0.15, 0.2) is 6.33 Å². The molecule has 0 fully saturated rings. The maximum atomic E-state index is 5.85. The first-order valence-corrected chi connectivity index (χ1v) is 5.29.